The maximum absolute atomic E-state index is 10.7. The van der Waals surface area contributed by atoms with E-state index in [1.54, 1.807) is 6.26 Å². The summed E-state index contributed by atoms with van der Waals surface area (Å²) in [5.41, 5.74) is 0. The number of hydrogen-bond donors (Lipinski definition) is 2. The fourth-order valence-electron chi connectivity index (χ4n) is 2.20. The van der Waals surface area contributed by atoms with Crippen LogP contribution in [-0.2, 0) is 4.79 Å². The molecule has 4 heteroatoms. The normalized spacial score (nSPS) is 26.4. The second-order valence-electron chi connectivity index (χ2n) is 3.95. The van der Waals surface area contributed by atoms with E-state index in [1.165, 1.54) is 0 Å². The molecule has 15 heavy (non-hydrogen) atoms. The van der Waals surface area contributed by atoms with Crippen molar-refractivity contribution in [1.29, 1.82) is 0 Å². The van der Waals surface area contributed by atoms with Crippen molar-refractivity contribution in [3.63, 3.8) is 0 Å². The predicted molar refractivity (Wildman–Crippen MR) is 54.4 cm³/mol. The first-order valence-electron chi connectivity index (χ1n) is 5.26. The maximum Gasteiger partial charge on any atom is 0.303 e. The summed E-state index contributed by atoms with van der Waals surface area (Å²) in [7, 11) is 0. The van der Waals surface area contributed by atoms with Crippen LogP contribution in [0.5, 0.6) is 0 Å². The molecule has 1 fully saturated rings. The topological polar surface area (TPSA) is 62.5 Å². The monoisotopic (exact) mass is 209 g/mol. The molecule has 82 valence electrons. The molecule has 1 aromatic rings. The van der Waals surface area contributed by atoms with Crippen LogP contribution in [0.15, 0.2) is 22.8 Å². The maximum atomic E-state index is 10.7. The minimum Gasteiger partial charge on any atom is -0.481 e. The molecule has 2 rings (SSSR count). The molecule has 0 bridgehead atoms. The van der Waals surface area contributed by atoms with E-state index in [-0.39, 0.29) is 18.4 Å². The molecule has 1 aromatic heterocycles. The Hall–Kier alpha value is -1.29. The third-order valence-corrected chi connectivity index (χ3v) is 2.87. The van der Waals surface area contributed by atoms with Crippen LogP contribution < -0.4 is 5.32 Å². The van der Waals surface area contributed by atoms with Crippen LogP contribution in [0.1, 0.15) is 31.1 Å². The largest absolute Gasteiger partial charge is 0.481 e. The Balaban J connectivity index is 2.09. The van der Waals surface area contributed by atoms with Gasteiger partial charge in [0.25, 0.3) is 0 Å². The zero-order valence-corrected chi connectivity index (χ0v) is 8.48. The van der Waals surface area contributed by atoms with Gasteiger partial charge >= 0.3 is 5.97 Å². The summed E-state index contributed by atoms with van der Waals surface area (Å²) in [6, 6.07) is 3.80. The minimum absolute atomic E-state index is 0.0600. The van der Waals surface area contributed by atoms with E-state index >= 15 is 0 Å². The fourth-order valence-corrected chi connectivity index (χ4v) is 2.20. The van der Waals surface area contributed by atoms with Crippen molar-refractivity contribution >= 4 is 5.97 Å². The zero-order valence-electron chi connectivity index (χ0n) is 8.48. The third kappa shape index (κ3) is 2.39. The number of carboxylic acid groups (broad SMARTS) is 1. The molecule has 0 amide bonds. The highest BCUT2D eigenvalue weighted by Gasteiger charge is 2.29. The summed E-state index contributed by atoms with van der Waals surface area (Å²) in [6.45, 7) is 0.932. The predicted octanol–water partition coefficient (Wildman–Crippen LogP) is 1.79. The van der Waals surface area contributed by atoms with E-state index in [2.05, 4.69) is 5.32 Å². The van der Waals surface area contributed by atoms with Crippen LogP contribution in [0, 0.1) is 5.92 Å². The Morgan fingerprint density at radius 3 is 3.20 bits per heavy atom. The first-order valence-corrected chi connectivity index (χ1v) is 5.26. The third-order valence-electron chi connectivity index (χ3n) is 2.87. The highest BCUT2D eigenvalue weighted by molar-refractivity contribution is 5.67. The van der Waals surface area contributed by atoms with Gasteiger partial charge in [-0.3, -0.25) is 4.79 Å². The first-order chi connectivity index (χ1) is 7.27. The van der Waals surface area contributed by atoms with Crippen LogP contribution >= 0.6 is 0 Å². The molecular formula is C11H15NO3. The van der Waals surface area contributed by atoms with Gasteiger partial charge in [0, 0.05) is 0 Å². The van der Waals surface area contributed by atoms with E-state index in [0.717, 1.165) is 25.1 Å². The molecule has 1 aliphatic heterocycles. The van der Waals surface area contributed by atoms with E-state index in [0.29, 0.717) is 0 Å². The van der Waals surface area contributed by atoms with E-state index in [1.807, 2.05) is 12.1 Å². The number of furan rings is 1. The number of piperidine rings is 1. The van der Waals surface area contributed by atoms with Crippen molar-refractivity contribution in [2.24, 2.45) is 5.92 Å². The van der Waals surface area contributed by atoms with E-state index < -0.39 is 5.97 Å². The molecule has 0 aromatic carbocycles. The van der Waals surface area contributed by atoms with Crippen molar-refractivity contribution < 1.29 is 14.3 Å². The van der Waals surface area contributed by atoms with Gasteiger partial charge in [-0.25, -0.2) is 0 Å². The average Bonchev–Trinajstić information content (AvgIpc) is 2.70. The van der Waals surface area contributed by atoms with Crippen molar-refractivity contribution in [1.82, 2.24) is 5.32 Å². The van der Waals surface area contributed by atoms with Gasteiger partial charge in [-0.2, -0.15) is 0 Å². The van der Waals surface area contributed by atoms with Gasteiger partial charge < -0.3 is 14.8 Å². The Morgan fingerprint density at radius 1 is 1.67 bits per heavy atom. The van der Waals surface area contributed by atoms with E-state index in [4.69, 9.17) is 9.52 Å². The Morgan fingerprint density at radius 2 is 2.53 bits per heavy atom. The Kier molecular flexibility index (Phi) is 3.06. The number of hydrogen-bond acceptors (Lipinski definition) is 3. The molecule has 4 nitrogen and oxygen atoms in total. The first kappa shape index (κ1) is 10.2. The molecular weight excluding hydrogens is 194 g/mol. The van der Waals surface area contributed by atoms with E-state index in [9.17, 15) is 4.79 Å². The lowest BCUT2D eigenvalue weighted by atomic mass is 9.87. The smallest absolute Gasteiger partial charge is 0.303 e. The summed E-state index contributed by atoms with van der Waals surface area (Å²) < 4.78 is 5.33. The molecule has 1 aliphatic rings. The lowest BCUT2D eigenvalue weighted by molar-refractivity contribution is -0.138. The SMILES string of the molecule is O=C(O)C[C@H]1CCCN[C@@H]1c1ccco1. The van der Waals surface area contributed by atoms with Crippen molar-refractivity contribution in [3.05, 3.63) is 24.2 Å². The standard InChI is InChI=1S/C11H15NO3/c13-10(14)7-8-3-1-5-12-11(8)9-4-2-6-15-9/h2,4,6,8,11-12H,1,3,5,7H2,(H,13,14)/t8-,11+/m1/s1. The van der Waals surface area contributed by atoms with Gasteiger partial charge in [-0.15, -0.1) is 0 Å². The van der Waals surface area contributed by atoms with Crippen LogP contribution in [0.3, 0.4) is 0 Å². The van der Waals surface area contributed by atoms with Crippen LogP contribution in [-0.4, -0.2) is 17.6 Å². The van der Waals surface area contributed by atoms with Gasteiger partial charge in [-0.1, -0.05) is 0 Å². The fraction of sp³-hybridized carbons (Fsp3) is 0.545. The molecule has 0 radical (unpaired) electrons. The van der Waals surface area contributed by atoms with Gasteiger partial charge in [-0.05, 0) is 37.4 Å². The molecule has 0 aliphatic carbocycles. The van der Waals surface area contributed by atoms with Crippen LogP contribution in [0.2, 0.25) is 0 Å². The second kappa shape index (κ2) is 4.49. The molecule has 0 saturated carbocycles. The van der Waals surface area contributed by atoms with Gasteiger partial charge in [0.15, 0.2) is 0 Å². The average molecular weight is 209 g/mol. The molecule has 2 atom stereocenters. The minimum atomic E-state index is -0.736. The molecule has 2 heterocycles. The molecule has 0 unspecified atom stereocenters. The molecule has 2 N–H and O–H groups in total. The van der Waals surface area contributed by atoms with Gasteiger partial charge in [0.05, 0.1) is 18.7 Å². The van der Waals surface area contributed by atoms with Crippen LogP contribution in [0.25, 0.3) is 0 Å². The molecule has 0 spiro atoms. The number of carboxylic acids is 1. The summed E-state index contributed by atoms with van der Waals surface area (Å²) in [6.07, 6.45) is 3.82. The molecule has 1 saturated heterocycles. The summed E-state index contributed by atoms with van der Waals surface area (Å²) >= 11 is 0. The summed E-state index contributed by atoms with van der Waals surface area (Å²) in [4.78, 5) is 10.7. The Labute approximate surface area is 88.3 Å². The lowest BCUT2D eigenvalue weighted by Crippen LogP contribution is -2.35. The lowest BCUT2D eigenvalue weighted by Gasteiger charge is -2.30. The highest BCUT2D eigenvalue weighted by Crippen LogP contribution is 2.31. The zero-order chi connectivity index (χ0) is 10.7. The summed E-state index contributed by atoms with van der Waals surface area (Å²) in [5, 5.41) is 12.1. The second-order valence-corrected chi connectivity index (χ2v) is 3.95. The number of aliphatic carboxylic acids is 1. The van der Waals surface area contributed by atoms with Gasteiger partial charge in [0.2, 0.25) is 0 Å². The van der Waals surface area contributed by atoms with Gasteiger partial charge in [0.1, 0.15) is 5.76 Å². The van der Waals surface area contributed by atoms with Crippen molar-refractivity contribution in [3.8, 4) is 0 Å². The van der Waals surface area contributed by atoms with Crippen molar-refractivity contribution in [2.75, 3.05) is 6.54 Å². The number of rotatable bonds is 3. The highest BCUT2D eigenvalue weighted by atomic mass is 16.4. The number of nitrogens with one attached hydrogen (secondary N) is 1. The number of carbonyl (C=O) groups is 1. The Bertz CT molecular complexity index is 321. The summed E-state index contributed by atoms with van der Waals surface area (Å²) in [5.74, 6) is 0.253. The van der Waals surface area contributed by atoms with Crippen molar-refractivity contribution in [2.45, 2.75) is 25.3 Å². The quantitative estimate of drug-likeness (QED) is 0.796. The van der Waals surface area contributed by atoms with Crippen LogP contribution in [0.4, 0.5) is 0 Å².